The van der Waals surface area contributed by atoms with Crippen LogP contribution in [0.15, 0.2) is 24.3 Å². The van der Waals surface area contributed by atoms with Gasteiger partial charge in [-0.3, -0.25) is 0 Å². The van der Waals surface area contributed by atoms with Crippen molar-refractivity contribution in [1.29, 1.82) is 0 Å². The summed E-state index contributed by atoms with van der Waals surface area (Å²) in [5.41, 5.74) is 2.39. The maximum Gasteiger partial charge on any atom is 0.118 e. The van der Waals surface area contributed by atoms with Crippen molar-refractivity contribution in [1.82, 2.24) is 10.3 Å². The molecule has 18 heavy (non-hydrogen) atoms. The van der Waals surface area contributed by atoms with E-state index in [1.165, 1.54) is 10.4 Å². The molecule has 0 radical (unpaired) electrons. The van der Waals surface area contributed by atoms with Crippen molar-refractivity contribution in [3.63, 3.8) is 0 Å². The Bertz CT molecular complexity index is 486. The van der Waals surface area contributed by atoms with E-state index in [2.05, 4.69) is 36.3 Å². The van der Waals surface area contributed by atoms with Crippen molar-refractivity contribution >= 4 is 11.3 Å². The fourth-order valence-electron chi connectivity index (χ4n) is 1.67. The smallest absolute Gasteiger partial charge is 0.118 e. The Morgan fingerprint density at radius 3 is 2.44 bits per heavy atom. The molecule has 1 heterocycles. The SMILES string of the molecule is COc1ccc(CNCc2nc(C)c(C)s2)cc1. The first-order valence-corrected chi connectivity index (χ1v) is 6.77. The summed E-state index contributed by atoms with van der Waals surface area (Å²) in [6, 6.07) is 8.11. The average Bonchev–Trinajstić information content (AvgIpc) is 2.69. The largest absolute Gasteiger partial charge is 0.497 e. The topological polar surface area (TPSA) is 34.1 Å². The highest BCUT2D eigenvalue weighted by molar-refractivity contribution is 7.11. The van der Waals surface area contributed by atoms with Gasteiger partial charge < -0.3 is 10.1 Å². The zero-order chi connectivity index (χ0) is 13.0. The van der Waals surface area contributed by atoms with Crippen LogP contribution in [0.1, 0.15) is 21.1 Å². The molecule has 3 nitrogen and oxygen atoms in total. The highest BCUT2D eigenvalue weighted by Gasteiger charge is 2.02. The molecule has 2 rings (SSSR count). The molecule has 0 amide bonds. The van der Waals surface area contributed by atoms with Gasteiger partial charge in [-0.15, -0.1) is 11.3 Å². The lowest BCUT2D eigenvalue weighted by molar-refractivity contribution is 0.414. The molecule has 0 spiro atoms. The van der Waals surface area contributed by atoms with Gasteiger partial charge >= 0.3 is 0 Å². The Balaban J connectivity index is 1.84. The van der Waals surface area contributed by atoms with Crippen molar-refractivity contribution in [2.75, 3.05) is 7.11 Å². The Morgan fingerprint density at radius 1 is 1.17 bits per heavy atom. The zero-order valence-corrected chi connectivity index (χ0v) is 11.8. The summed E-state index contributed by atoms with van der Waals surface area (Å²) >= 11 is 1.76. The molecule has 0 aliphatic rings. The molecule has 1 aromatic heterocycles. The average molecular weight is 262 g/mol. The molecule has 1 N–H and O–H groups in total. The van der Waals surface area contributed by atoms with Crippen LogP contribution in [0.2, 0.25) is 0 Å². The van der Waals surface area contributed by atoms with E-state index in [-0.39, 0.29) is 0 Å². The highest BCUT2D eigenvalue weighted by atomic mass is 32.1. The number of methoxy groups -OCH3 is 1. The van der Waals surface area contributed by atoms with E-state index in [0.29, 0.717) is 0 Å². The molecule has 0 unspecified atom stereocenters. The molecule has 2 aromatic rings. The van der Waals surface area contributed by atoms with Gasteiger partial charge in [0, 0.05) is 18.0 Å². The number of hydrogen-bond acceptors (Lipinski definition) is 4. The van der Waals surface area contributed by atoms with E-state index >= 15 is 0 Å². The van der Waals surface area contributed by atoms with E-state index in [1.807, 2.05) is 12.1 Å². The lowest BCUT2D eigenvalue weighted by Gasteiger charge is -2.04. The van der Waals surface area contributed by atoms with Gasteiger partial charge in [0.2, 0.25) is 0 Å². The van der Waals surface area contributed by atoms with Crippen LogP contribution in [0, 0.1) is 13.8 Å². The van der Waals surface area contributed by atoms with E-state index in [9.17, 15) is 0 Å². The quantitative estimate of drug-likeness (QED) is 0.899. The Morgan fingerprint density at radius 2 is 1.89 bits per heavy atom. The molecule has 0 saturated heterocycles. The van der Waals surface area contributed by atoms with Gasteiger partial charge in [0.25, 0.3) is 0 Å². The molecule has 0 atom stereocenters. The first-order valence-electron chi connectivity index (χ1n) is 5.95. The fourth-order valence-corrected chi connectivity index (χ4v) is 2.58. The summed E-state index contributed by atoms with van der Waals surface area (Å²) in [4.78, 5) is 5.81. The Kier molecular flexibility index (Phi) is 4.33. The number of nitrogens with one attached hydrogen (secondary N) is 1. The van der Waals surface area contributed by atoms with Gasteiger partial charge in [-0.2, -0.15) is 0 Å². The Labute approximate surface area is 112 Å². The second kappa shape index (κ2) is 5.98. The van der Waals surface area contributed by atoms with Crippen molar-refractivity contribution in [2.24, 2.45) is 0 Å². The standard InChI is InChI=1S/C14H18N2OS/c1-10-11(2)18-14(16-10)9-15-8-12-4-6-13(17-3)7-5-12/h4-7,15H,8-9H2,1-3H3. The summed E-state index contributed by atoms with van der Waals surface area (Å²) in [5, 5.41) is 4.55. The van der Waals surface area contributed by atoms with Crippen LogP contribution in [-0.4, -0.2) is 12.1 Å². The number of benzene rings is 1. The Hall–Kier alpha value is -1.39. The first-order chi connectivity index (χ1) is 8.69. The number of aromatic nitrogens is 1. The van der Waals surface area contributed by atoms with Crippen molar-refractivity contribution < 1.29 is 4.74 Å². The van der Waals surface area contributed by atoms with Crippen molar-refractivity contribution in [3.8, 4) is 5.75 Å². The predicted molar refractivity (Wildman–Crippen MR) is 75.1 cm³/mol. The van der Waals surface area contributed by atoms with E-state index in [1.54, 1.807) is 18.4 Å². The molecule has 4 heteroatoms. The molecule has 0 bridgehead atoms. The molecule has 1 aromatic carbocycles. The van der Waals surface area contributed by atoms with E-state index in [4.69, 9.17) is 4.74 Å². The maximum atomic E-state index is 5.13. The highest BCUT2D eigenvalue weighted by Crippen LogP contribution is 2.16. The third-order valence-corrected chi connectivity index (χ3v) is 3.91. The van der Waals surface area contributed by atoms with Crippen LogP contribution >= 0.6 is 11.3 Å². The minimum absolute atomic E-state index is 0.825. The zero-order valence-electron chi connectivity index (χ0n) is 11.0. The molecule has 0 saturated carbocycles. The lowest BCUT2D eigenvalue weighted by atomic mass is 10.2. The monoisotopic (exact) mass is 262 g/mol. The number of thiazole rings is 1. The van der Waals surface area contributed by atoms with Crippen LogP contribution in [0.5, 0.6) is 5.75 Å². The molecule has 0 aliphatic carbocycles. The maximum absolute atomic E-state index is 5.13. The third kappa shape index (κ3) is 3.31. The number of rotatable bonds is 5. The van der Waals surface area contributed by atoms with Crippen LogP contribution in [0.4, 0.5) is 0 Å². The summed E-state index contributed by atoms with van der Waals surface area (Å²) in [7, 11) is 1.68. The number of ether oxygens (including phenoxy) is 1. The summed E-state index contributed by atoms with van der Waals surface area (Å²) in [6.07, 6.45) is 0. The first kappa shape index (κ1) is 13.1. The van der Waals surface area contributed by atoms with Gasteiger partial charge in [-0.05, 0) is 31.5 Å². The van der Waals surface area contributed by atoms with Gasteiger partial charge in [-0.25, -0.2) is 4.98 Å². The number of aryl methyl sites for hydroxylation is 2. The minimum Gasteiger partial charge on any atom is -0.497 e. The molecule has 0 fully saturated rings. The third-order valence-electron chi connectivity index (χ3n) is 2.84. The fraction of sp³-hybridized carbons (Fsp3) is 0.357. The van der Waals surface area contributed by atoms with Gasteiger partial charge in [-0.1, -0.05) is 12.1 Å². The van der Waals surface area contributed by atoms with E-state index < -0.39 is 0 Å². The van der Waals surface area contributed by atoms with Crippen LogP contribution < -0.4 is 10.1 Å². The molecular weight excluding hydrogens is 244 g/mol. The predicted octanol–water partition coefficient (Wildman–Crippen LogP) is 3.06. The molecule has 96 valence electrons. The molecular formula is C14H18N2OS. The van der Waals surface area contributed by atoms with Gasteiger partial charge in [0.1, 0.15) is 10.8 Å². The van der Waals surface area contributed by atoms with E-state index in [0.717, 1.165) is 29.5 Å². The minimum atomic E-state index is 0.825. The van der Waals surface area contributed by atoms with Crippen molar-refractivity contribution in [2.45, 2.75) is 26.9 Å². The summed E-state index contributed by atoms with van der Waals surface area (Å²) < 4.78 is 5.13. The number of hydrogen-bond donors (Lipinski definition) is 1. The molecule has 0 aliphatic heterocycles. The second-order valence-electron chi connectivity index (χ2n) is 4.20. The van der Waals surface area contributed by atoms with Gasteiger partial charge in [0.15, 0.2) is 0 Å². The summed E-state index contributed by atoms with van der Waals surface area (Å²) in [6.45, 7) is 5.84. The van der Waals surface area contributed by atoms with Crippen LogP contribution in [-0.2, 0) is 13.1 Å². The lowest BCUT2D eigenvalue weighted by Crippen LogP contribution is -2.12. The van der Waals surface area contributed by atoms with Gasteiger partial charge in [0.05, 0.1) is 12.8 Å². The van der Waals surface area contributed by atoms with Crippen LogP contribution in [0.3, 0.4) is 0 Å². The number of nitrogens with zero attached hydrogens (tertiary/aromatic N) is 1. The normalized spacial score (nSPS) is 10.6. The van der Waals surface area contributed by atoms with Crippen LogP contribution in [0.25, 0.3) is 0 Å². The summed E-state index contributed by atoms with van der Waals surface area (Å²) in [5.74, 6) is 0.893. The second-order valence-corrected chi connectivity index (χ2v) is 5.49. The van der Waals surface area contributed by atoms with Crippen molar-refractivity contribution in [3.05, 3.63) is 45.4 Å².